The molecule has 0 saturated heterocycles. The molecule has 88 valence electrons. The molecule has 2 rings (SSSR count). The molecule has 0 aliphatic carbocycles. The third-order valence-corrected chi connectivity index (χ3v) is 3.61. The molecule has 0 spiro atoms. The first kappa shape index (κ1) is 13.0. The minimum absolute atomic E-state index is 0.680. The highest BCUT2D eigenvalue weighted by molar-refractivity contribution is 14.1. The van der Waals surface area contributed by atoms with Crippen molar-refractivity contribution in [1.29, 1.82) is 0 Å². The van der Waals surface area contributed by atoms with Crippen LogP contribution in [0.15, 0.2) is 42.5 Å². The van der Waals surface area contributed by atoms with Gasteiger partial charge in [0.1, 0.15) is 0 Å². The van der Waals surface area contributed by atoms with Crippen molar-refractivity contribution < 1.29 is 0 Å². The number of nitrogens with one attached hydrogen (secondary N) is 1. The number of hydrogen-bond donors (Lipinski definition) is 1. The van der Waals surface area contributed by atoms with Gasteiger partial charge in [0.05, 0.1) is 10.7 Å². The average molecular weight is 378 g/mol. The topological polar surface area (TPSA) is 12.0 Å². The molecule has 0 fully saturated rings. The first-order valence-electron chi connectivity index (χ1n) is 5.08. The Balaban J connectivity index is 2.07. The van der Waals surface area contributed by atoms with Crippen molar-refractivity contribution >= 4 is 51.5 Å². The maximum absolute atomic E-state index is 6.07. The zero-order valence-electron chi connectivity index (χ0n) is 8.88. The number of hydrogen-bond acceptors (Lipinski definition) is 1. The van der Waals surface area contributed by atoms with Gasteiger partial charge >= 0.3 is 0 Å². The maximum Gasteiger partial charge on any atom is 0.0638 e. The summed E-state index contributed by atoms with van der Waals surface area (Å²) in [5.41, 5.74) is 2.07. The molecule has 0 aliphatic rings. The van der Waals surface area contributed by atoms with Crippen molar-refractivity contribution in [2.75, 3.05) is 5.32 Å². The lowest BCUT2D eigenvalue weighted by Crippen LogP contribution is -1.99. The van der Waals surface area contributed by atoms with E-state index in [2.05, 4.69) is 52.2 Å². The van der Waals surface area contributed by atoms with Crippen molar-refractivity contribution in [2.45, 2.75) is 6.54 Å². The van der Waals surface area contributed by atoms with Crippen LogP contribution < -0.4 is 5.32 Å². The van der Waals surface area contributed by atoms with Gasteiger partial charge in [-0.2, -0.15) is 0 Å². The first-order chi connectivity index (χ1) is 8.15. The molecule has 4 heteroatoms. The Morgan fingerprint density at radius 3 is 2.41 bits per heavy atom. The van der Waals surface area contributed by atoms with Crippen LogP contribution in [-0.4, -0.2) is 0 Å². The molecule has 0 radical (unpaired) electrons. The lowest BCUT2D eigenvalue weighted by Gasteiger charge is -2.09. The van der Waals surface area contributed by atoms with Crippen molar-refractivity contribution in [2.24, 2.45) is 0 Å². The molecule has 0 amide bonds. The predicted molar refractivity (Wildman–Crippen MR) is 82.9 cm³/mol. The lowest BCUT2D eigenvalue weighted by atomic mass is 10.2. The summed E-state index contributed by atoms with van der Waals surface area (Å²) in [6, 6.07) is 13.7. The van der Waals surface area contributed by atoms with Crippen molar-refractivity contribution in [3.63, 3.8) is 0 Å². The van der Waals surface area contributed by atoms with Gasteiger partial charge in [-0.3, -0.25) is 0 Å². The van der Waals surface area contributed by atoms with E-state index in [0.29, 0.717) is 10.0 Å². The quantitative estimate of drug-likeness (QED) is 0.724. The van der Waals surface area contributed by atoms with Gasteiger partial charge in [-0.15, -0.1) is 0 Å². The summed E-state index contributed by atoms with van der Waals surface area (Å²) in [5, 5.41) is 4.63. The molecule has 17 heavy (non-hydrogen) atoms. The third-order valence-electron chi connectivity index (χ3n) is 2.32. The van der Waals surface area contributed by atoms with E-state index in [0.717, 1.165) is 12.2 Å². The van der Waals surface area contributed by atoms with Gasteiger partial charge in [-0.25, -0.2) is 0 Å². The van der Waals surface area contributed by atoms with Crippen LogP contribution in [0.4, 0.5) is 5.69 Å². The molecule has 2 aromatic rings. The van der Waals surface area contributed by atoms with Gasteiger partial charge < -0.3 is 5.32 Å². The molecule has 1 N–H and O–H groups in total. The molecule has 0 saturated carbocycles. The van der Waals surface area contributed by atoms with Gasteiger partial charge in [0.25, 0.3) is 0 Å². The van der Waals surface area contributed by atoms with Crippen LogP contribution >= 0.6 is 45.8 Å². The second kappa shape index (κ2) is 5.94. The molecule has 0 atom stereocenters. The molecule has 0 aliphatic heterocycles. The number of rotatable bonds is 3. The fourth-order valence-electron chi connectivity index (χ4n) is 1.43. The number of halogens is 3. The summed E-state index contributed by atoms with van der Waals surface area (Å²) in [6.45, 7) is 0.733. The molecule has 0 heterocycles. The molecule has 0 aromatic heterocycles. The highest BCUT2D eigenvalue weighted by Gasteiger charge is 2.01. The van der Waals surface area contributed by atoms with Gasteiger partial charge in [-0.1, -0.05) is 35.3 Å². The van der Waals surface area contributed by atoms with Crippen LogP contribution in [0.1, 0.15) is 5.56 Å². The Morgan fingerprint density at radius 2 is 1.71 bits per heavy atom. The summed E-state index contributed by atoms with van der Waals surface area (Å²) < 4.78 is 1.23. The van der Waals surface area contributed by atoms with Crippen molar-refractivity contribution in [3.05, 3.63) is 61.6 Å². The van der Waals surface area contributed by atoms with Gasteiger partial charge in [0.2, 0.25) is 0 Å². The summed E-state index contributed by atoms with van der Waals surface area (Å²) in [5.74, 6) is 0. The number of benzene rings is 2. The van der Waals surface area contributed by atoms with Gasteiger partial charge in [0.15, 0.2) is 0 Å². The summed E-state index contributed by atoms with van der Waals surface area (Å²) >= 11 is 14.3. The standard InChI is InChI=1S/C13H10Cl2IN/c14-10-3-6-12(15)13(7-10)17-8-9-1-4-11(16)5-2-9/h1-7,17H,8H2. The SMILES string of the molecule is Clc1ccc(Cl)c(NCc2ccc(I)cc2)c1. The fraction of sp³-hybridized carbons (Fsp3) is 0.0769. The summed E-state index contributed by atoms with van der Waals surface area (Å²) in [7, 11) is 0. The highest BCUT2D eigenvalue weighted by atomic mass is 127. The van der Waals surface area contributed by atoms with E-state index in [1.807, 2.05) is 6.07 Å². The van der Waals surface area contributed by atoms with Crippen molar-refractivity contribution in [3.8, 4) is 0 Å². The molecule has 0 unspecified atom stereocenters. The highest BCUT2D eigenvalue weighted by Crippen LogP contribution is 2.25. The zero-order valence-corrected chi connectivity index (χ0v) is 12.6. The molecule has 0 bridgehead atoms. The van der Waals surface area contributed by atoms with Crippen molar-refractivity contribution in [1.82, 2.24) is 0 Å². The largest absolute Gasteiger partial charge is 0.380 e. The summed E-state index contributed by atoms with van der Waals surface area (Å²) in [4.78, 5) is 0. The Hall–Kier alpha value is -0.450. The van der Waals surface area contributed by atoms with E-state index < -0.39 is 0 Å². The monoisotopic (exact) mass is 377 g/mol. The van der Waals surface area contributed by atoms with E-state index in [1.54, 1.807) is 12.1 Å². The maximum atomic E-state index is 6.07. The van der Waals surface area contributed by atoms with E-state index in [-0.39, 0.29) is 0 Å². The van der Waals surface area contributed by atoms with Crippen LogP contribution in [0.25, 0.3) is 0 Å². The van der Waals surface area contributed by atoms with Gasteiger partial charge in [0, 0.05) is 15.1 Å². The van der Waals surface area contributed by atoms with Crippen LogP contribution in [0, 0.1) is 3.57 Å². The smallest absolute Gasteiger partial charge is 0.0638 e. The van der Waals surface area contributed by atoms with E-state index in [1.165, 1.54) is 9.13 Å². The van der Waals surface area contributed by atoms with Gasteiger partial charge in [-0.05, 0) is 58.5 Å². The van der Waals surface area contributed by atoms with Crippen LogP contribution in [0.5, 0.6) is 0 Å². The second-order valence-electron chi connectivity index (χ2n) is 3.60. The Morgan fingerprint density at radius 1 is 1.00 bits per heavy atom. The normalized spacial score (nSPS) is 10.3. The predicted octanol–water partition coefficient (Wildman–Crippen LogP) is 5.21. The molecule has 2 aromatic carbocycles. The average Bonchev–Trinajstić information content (AvgIpc) is 2.32. The fourth-order valence-corrected chi connectivity index (χ4v) is 2.15. The molecule has 1 nitrogen and oxygen atoms in total. The van der Waals surface area contributed by atoms with Crippen LogP contribution in [0.3, 0.4) is 0 Å². The van der Waals surface area contributed by atoms with E-state index >= 15 is 0 Å². The lowest BCUT2D eigenvalue weighted by molar-refractivity contribution is 1.15. The Labute approximate surface area is 124 Å². The van der Waals surface area contributed by atoms with E-state index in [4.69, 9.17) is 23.2 Å². The Bertz CT molecular complexity index is 511. The number of anilines is 1. The first-order valence-corrected chi connectivity index (χ1v) is 6.92. The molecular weight excluding hydrogens is 368 g/mol. The Kier molecular flexibility index (Phi) is 4.54. The minimum Gasteiger partial charge on any atom is -0.380 e. The van der Waals surface area contributed by atoms with E-state index in [9.17, 15) is 0 Å². The molecular formula is C13H10Cl2IN. The third kappa shape index (κ3) is 3.76. The minimum atomic E-state index is 0.680. The second-order valence-corrected chi connectivity index (χ2v) is 5.69. The van der Waals surface area contributed by atoms with Crippen LogP contribution in [-0.2, 0) is 6.54 Å². The summed E-state index contributed by atoms with van der Waals surface area (Å²) in [6.07, 6.45) is 0. The zero-order chi connectivity index (χ0) is 12.3. The van der Waals surface area contributed by atoms with Crippen LogP contribution in [0.2, 0.25) is 10.0 Å².